The van der Waals surface area contributed by atoms with E-state index in [0.717, 1.165) is 19.4 Å². The van der Waals surface area contributed by atoms with E-state index in [0.29, 0.717) is 6.04 Å². The van der Waals surface area contributed by atoms with Gasteiger partial charge in [0, 0.05) is 13.2 Å². The molecular weight excluding hydrogens is 246 g/mol. The van der Waals surface area contributed by atoms with Crippen LogP contribution in [0.4, 0.5) is 0 Å². The van der Waals surface area contributed by atoms with Gasteiger partial charge >= 0.3 is 0 Å². The van der Waals surface area contributed by atoms with E-state index >= 15 is 0 Å². The lowest BCUT2D eigenvalue weighted by molar-refractivity contribution is 0.0116. The Morgan fingerprint density at radius 2 is 1.90 bits per heavy atom. The number of benzene rings is 1. The van der Waals surface area contributed by atoms with Crippen LogP contribution in [0.5, 0.6) is 0 Å². The lowest BCUT2D eigenvalue weighted by Crippen LogP contribution is -2.33. The summed E-state index contributed by atoms with van der Waals surface area (Å²) < 4.78 is 5.52. The van der Waals surface area contributed by atoms with E-state index in [2.05, 4.69) is 57.3 Å². The molecule has 0 bridgehead atoms. The van der Waals surface area contributed by atoms with Crippen molar-refractivity contribution < 1.29 is 4.74 Å². The molecule has 2 heteroatoms. The number of nitrogens with one attached hydrogen (secondary N) is 1. The van der Waals surface area contributed by atoms with Crippen molar-refractivity contribution in [2.75, 3.05) is 13.7 Å². The van der Waals surface area contributed by atoms with Crippen molar-refractivity contribution in [1.82, 2.24) is 5.32 Å². The summed E-state index contributed by atoms with van der Waals surface area (Å²) in [5.41, 5.74) is 2.86. The van der Waals surface area contributed by atoms with Crippen LogP contribution in [0.3, 0.4) is 0 Å². The molecule has 0 aliphatic heterocycles. The highest BCUT2D eigenvalue weighted by molar-refractivity contribution is 5.25. The third-order valence-corrected chi connectivity index (χ3v) is 4.16. The maximum atomic E-state index is 5.52. The quantitative estimate of drug-likeness (QED) is 0.733. The molecule has 114 valence electrons. The lowest BCUT2D eigenvalue weighted by atomic mass is 9.94. The summed E-state index contributed by atoms with van der Waals surface area (Å²) in [6.45, 7) is 9.74. The Hall–Kier alpha value is -0.860. The number of methoxy groups -OCH3 is 1. The molecular formula is C18H31NO. The van der Waals surface area contributed by atoms with Crippen molar-refractivity contribution in [3.8, 4) is 0 Å². The van der Waals surface area contributed by atoms with Gasteiger partial charge in [0.2, 0.25) is 0 Å². The first kappa shape index (κ1) is 17.2. The topological polar surface area (TPSA) is 21.3 Å². The molecule has 0 heterocycles. The zero-order valence-corrected chi connectivity index (χ0v) is 13.8. The van der Waals surface area contributed by atoms with Crippen LogP contribution in [0.1, 0.15) is 51.2 Å². The monoisotopic (exact) mass is 277 g/mol. The van der Waals surface area contributed by atoms with Crippen LogP contribution in [0.15, 0.2) is 24.3 Å². The van der Waals surface area contributed by atoms with Crippen molar-refractivity contribution in [2.24, 2.45) is 0 Å². The maximum Gasteiger partial charge on any atom is 0.0623 e. The highest BCUT2D eigenvalue weighted by Crippen LogP contribution is 2.19. The average molecular weight is 277 g/mol. The molecule has 0 saturated carbocycles. The van der Waals surface area contributed by atoms with Crippen LogP contribution in [-0.4, -0.2) is 25.3 Å². The normalized spacial score (nSPS) is 13.4. The minimum absolute atomic E-state index is 0.0175. The molecule has 0 aliphatic carbocycles. The third kappa shape index (κ3) is 6.06. The van der Waals surface area contributed by atoms with Crippen molar-refractivity contribution in [2.45, 2.75) is 65.0 Å². The summed E-state index contributed by atoms with van der Waals surface area (Å²) in [5.74, 6) is 0. The Kier molecular flexibility index (Phi) is 7.25. The average Bonchev–Trinajstić information content (AvgIpc) is 2.43. The summed E-state index contributed by atoms with van der Waals surface area (Å²) in [7, 11) is 1.80. The Balaban J connectivity index is 2.49. The Morgan fingerprint density at radius 3 is 2.50 bits per heavy atom. The van der Waals surface area contributed by atoms with E-state index in [4.69, 9.17) is 4.74 Å². The molecule has 20 heavy (non-hydrogen) atoms. The standard InChI is InChI=1S/C18H31NO/c1-6-19-17(13-14-18(3,4)20-5)12-11-16-10-8-7-9-15(16)2/h7-10,17,19H,6,11-14H2,1-5H3. The van der Waals surface area contributed by atoms with Crippen LogP contribution >= 0.6 is 0 Å². The van der Waals surface area contributed by atoms with Crippen molar-refractivity contribution in [3.63, 3.8) is 0 Å². The highest BCUT2D eigenvalue weighted by atomic mass is 16.5. The van der Waals surface area contributed by atoms with Crippen LogP contribution in [0.25, 0.3) is 0 Å². The van der Waals surface area contributed by atoms with Gasteiger partial charge < -0.3 is 10.1 Å². The van der Waals surface area contributed by atoms with Gasteiger partial charge in [-0.3, -0.25) is 0 Å². The lowest BCUT2D eigenvalue weighted by Gasteiger charge is -2.26. The second-order valence-electron chi connectivity index (χ2n) is 6.22. The summed E-state index contributed by atoms with van der Waals surface area (Å²) in [6, 6.07) is 9.28. The van der Waals surface area contributed by atoms with Gasteiger partial charge in [0.05, 0.1) is 5.60 Å². The molecule has 1 rings (SSSR count). The van der Waals surface area contributed by atoms with E-state index < -0.39 is 0 Å². The van der Waals surface area contributed by atoms with E-state index in [9.17, 15) is 0 Å². The second kappa shape index (κ2) is 8.43. The van der Waals surface area contributed by atoms with E-state index in [1.54, 1.807) is 7.11 Å². The second-order valence-corrected chi connectivity index (χ2v) is 6.22. The minimum atomic E-state index is -0.0175. The Bertz CT molecular complexity index is 387. The van der Waals surface area contributed by atoms with Gasteiger partial charge in [-0.2, -0.15) is 0 Å². The van der Waals surface area contributed by atoms with Crippen molar-refractivity contribution in [1.29, 1.82) is 0 Å². The highest BCUT2D eigenvalue weighted by Gasteiger charge is 2.19. The predicted molar refractivity (Wildman–Crippen MR) is 87.3 cm³/mol. The molecule has 1 atom stereocenters. The largest absolute Gasteiger partial charge is 0.379 e. The fourth-order valence-electron chi connectivity index (χ4n) is 2.48. The molecule has 0 radical (unpaired) electrons. The molecule has 0 aliphatic rings. The fourth-order valence-corrected chi connectivity index (χ4v) is 2.48. The van der Waals surface area contributed by atoms with Gasteiger partial charge in [-0.05, 0) is 64.1 Å². The molecule has 2 nitrogen and oxygen atoms in total. The first-order chi connectivity index (χ1) is 9.48. The van der Waals surface area contributed by atoms with E-state index in [1.807, 2.05) is 0 Å². The molecule has 1 unspecified atom stereocenters. The number of ether oxygens (including phenoxy) is 1. The number of rotatable bonds is 9. The Labute approximate surface area is 124 Å². The summed E-state index contributed by atoms with van der Waals surface area (Å²) in [6.07, 6.45) is 4.60. The van der Waals surface area contributed by atoms with Gasteiger partial charge in [0.15, 0.2) is 0 Å². The minimum Gasteiger partial charge on any atom is -0.379 e. The number of hydrogen-bond acceptors (Lipinski definition) is 2. The van der Waals surface area contributed by atoms with Crippen LogP contribution in [0, 0.1) is 6.92 Å². The summed E-state index contributed by atoms with van der Waals surface area (Å²) in [5, 5.41) is 3.61. The van der Waals surface area contributed by atoms with Crippen molar-refractivity contribution in [3.05, 3.63) is 35.4 Å². The Morgan fingerprint density at radius 1 is 1.20 bits per heavy atom. The van der Waals surface area contributed by atoms with Crippen LogP contribution in [0.2, 0.25) is 0 Å². The zero-order chi connectivity index (χ0) is 15.0. The molecule has 0 fully saturated rings. The van der Waals surface area contributed by atoms with E-state index in [1.165, 1.54) is 24.0 Å². The third-order valence-electron chi connectivity index (χ3n) is 4.16. The van der Waals surface area contributed by atoms with Gasteiger partial charge in [-0.1, -0.05) is 31.2 Å². The first-order valence-corrected chi connectivity index (χ1v) is 7.81. The summed E-state index contributed by atoms with van der Waals surface area (Å²) in [4.78, 5) is 0. The smallest absolute Gasteiger partial charge is 0.0623 e. The molecule has 0 spiro atoms. The van der Waals surface area contributed by atoms with Gasteiger partial charge in [0.25, 0.3) is 0 Å². The van der Waals surface area contributed by atoms with Gasteiger partial charge in [-0.15, -0.1) is 0 Å². The predicted octanol–water partition coefficient (Wildman–Crippen LogP) is 4.11. The first-order valence-electron chi connectivity index (χ1n) is 7.81. The number of hydrogen-bond donors (Lipinski definition) is 1. The maximum absolute atomic E-state index is 5.52. The zero-order valence-electron chi connectivity index (χ0n) is 13.8. The molecule has 0 aromatic heterocycles. The van der Waals surface area contributed by atoms with Gasteiger partial charge in [-0.25, -0.2) is 0 Å². The van der Waals surface area contributed by atoms with E-state index in [-0.39, 0.29) is 5.60 Å². The van der Waals surface area contributed by atoms with Crippen LogP contribution < -0.4 is 5.32 Å². The molecule has 1 aromatic rings. The molecule has 0 saturated heterocycles. The number of aryl methyl sites for hydroxylation is 2. The van der Waals surface area contributed by atoms with Crippen LogP contribution in [-0.2, 0) is 11.2 Å². The molecule has 1 N–H and O–H groups in total. The fraction of sp³-hybridized carbons (Fsp3) is 0.667. The molecule has 0 amide bonds. The van der Waals surface area contributed by atoms with Gasteiger partial charge in [0.1, 0.15) is 0 Å². The molecule has 1 aromatic carbocycles. The summed E-state index contributed by atoms with van der Waals surface area (Å²) >= 11 is 0. The van der Waals surface area contributed by atoms with Crippen molar-refractivity contribution >= 4 is 0 Å². The SMILES string of the molecule is CCNC(CCc1ccccc1C)CCC(C)(C)OC.